The molecule has 0 aliphatic carbocycles. The molecule has 4 rings (SSSR count). The molecule has 0 aromatic heterocycles. The summed E-state index contributed by atoms with van der Waals surface area (Å²) in [4.78, 5) is 24.2. The highest BCUT2D eigenvalue weighted by atomic mass is 32.2. The van der Waals surface area contributed by atoms with E-state index in [0.717, 1.165) is 9.87 Å². The molecule has 2 aromatic rings. The quantitative estimate of drug-likeness (QED) is 0.591. The summed E-state index contributed by atoms with van der Waals surface area (Å²) in [5.41, 5.74) is 0.851. The molecule has 11 heteroatoms. The first-order chi connectivity index (χ1) is 15.4. The fourth-order valence-corrected chi connectivity index (χ4v) is 4.91. The summed E-state index contributed by atoms with van der Waals surface area (Å²) >= 11 is 0. The Morgan fingerprint density at radius 1 is 0.938 bits per heavy atom. The van der Waals surface area contributed by atoms with Crippen LogP contribution < -0.4 is 20.1 Å². The van der Waals surface area contributed by atoms with Gasteiger partial charge in [-0.15, -0.1) is 0 Å². The Morgan fingerprint density at radius 2 is 1.66 bits per heavy atom. The molecule has 0 unspecified atom stereocenters. The van der Waals surface area contributed by atoms with Gasteiger partial charge in [0.05, 0.1) is 18.0 Å². The van der Waals surface area contributed by atoms with Gasteiger partial charge in [0.1, 0.15) is 19.4 Å². The SMILES string of the molecule is O=C(NCc1ccccc1)C(=O)NC[C@H]1OCCN1S(=O)(=O)c1ccc2c(c1)OCCO2. The van der Waals surface area contributed by atoms with Gasteiger partial charge in [0.15, 0.2) is 11.5 Å². The Balaban J connectivity index is 1.36. The van der Waals surface area contributed by atoms with Crippen LogP contribution in [-0.4, -0.2) is 63.7 Å². The Kier molecular flexibility index (Phi) is 6.58. The van der Waals surface area contributed by atoms with Crippen molar-refractivity contribution in [3.05, 3.63) is 54.1 Å². The molecule has 1 atom stereocenters. The van der Waals surface area contributed by atoms with E-state index in [1.54, 1.807) is 6.07 Å². The number of ether oxygens (including phenoxy) is 3. The van der Waals surface area contributed by atoms with E-state index in [9.17, 15) is 18.0 Å². The van der Waals surface area contributed by atoms with Gasteiger partial charge < -0.3 is 24.8 Å². The molecular weight excluding hydrogens is 438 g/mol. The second-order valence-corrected chi connectivity index (χ2v) is 9.02. The van der Waals surface area contributed by atoms with Gasteiger partial charge in [-0.25, -0.2) is 8.42 Å². The number of carbonyl (C=O) groups excluding carboxylic acids is 2. The molecule has 0 radical (unpaired) electrons. The van der Waals surface area contributed by atoms with Crippen molar-refractivity contribution in [2.75, 3.05) is 32.9 Å². The van der Waals surface area contributed by atoms with E-state index in [1.807, 2.05) is 30.3 Å². The first-order valence-electron chi connectivity index (χ1n) is 10.1. The topological polar surface area (TPSA) is 123 Å². The van der Waals surface area contributed by atoms with Crippen LogP contribution in [0, 0.1) is 0 Å². The van der Waals surface area contributed by atoms with E-state index in [4.69, 9.17) is 14.2 Å². The predicted octanol–water partition coefficient (Wildman–Crippen LogP) is 0.237. The maximum Gasteiger partial charge on any atom is 0.309 e. The van der Waals surface area contributed by atoms with Crippen LogP contribution in [-0.2, 0) is 30.9 Å². The lowest BCUT2D eigenvalue weighted by Crippen LogP contribution is -2.47. The lowest BCUT2D eigenvalue weighted by molar-refractivity contribution is -0.139. The van der Waals surface area contributed by atoms with Crippen LogP contribution in [0.4, 0.5) is 0 Å². The Labute approximate surface area is 185 Å². The van der Waals surface area contributed by atoms with E-state index in [0.29, 0.717) is 24.7 Å². The number of sulfonamides is 1. The molecule has 0 spiro atoms. The van der Waals surface area contributed by atoms with Gasteiger partial charge in [-0.3, -0.25) is 9.59 Å². The first kappa shape index (κ1) is 22.1. The Hall–Kier alpha value is -3.15. The third-order valence-electron chi connectivity index (χ3n) is 5.00. The molecule has 32 heavy (non-hydrogen) atoms. The lowest BCUT2D eigenvalue weighted by Gasteiger charge is -2.24. The molecule has 2 N–H and O–H groups in total. The number of nitrogens with zero attached hydrogens (tertiary/aromatic N) is 1. The monoisotopic (exact) mass is 461 g/mol. The minimum Gasteiger partial charge on any atom is -0.486 e. The third kappa shape index (κ3) is 4.85. The number of hydrogen-bond acceptors (Lipinski definition) is 7. The van der Waals surface area contributed by atoms with Crippen LogP contribution in [0.25, 0.3) is 0 Å². The lowest BCUT2D eigenvalue weighted by atomic mass is 10.2. The summed E-state index contributed by atoms with van der Waals surface area (Å²) in [7, 11) is -3.91. The molecule has 2 heterocycles. The zero-order valence-corrected chi connectivity index (χ0v) is 18.0. The summed E-state index contributed by atoms with van der Waals surface area (Å²) in [5.74, 6) is -0.836. The second-order valence-electron chi connectivity index (χ2n) is 7.12. The average molecular weight is 461 g/mol. The zero-order chi connectivity index (χ0) is 22.6. The summed E-state index contributed by atoms with van der Waals surface area (Å²) in [6.45, 7) is 1.07. The summed E-state index contributed by atoms with van der Waals surface area (Å²) < 4.78 is 43.8. The fraction of sp³-hybridized carbons (Fsp3) is 0.333. The largest absolute Gasteiger partial charge is 0.486 e. The van der Waals surface area contributed by atoms with Gasteiger partial charge in [-0.05, 0) is 17.7 Å². The predicted molar refractivity (Wildman–Crippen MR) is 112 cm³/mol. The fourth-order valence-electron chi connectivity index (χ4n) is 3.38. The minimum atomic E-state index is -3.91. The van der Waals surface area contributed by atoms with Crippen LogP contribution in [0.2, 0.25) is 0 Å². The first-order valence-corrected chi connectivity index (χ1v) is 11.5. The highest BCUT2D eigenvalue weighted by Gasteiger charge is 2.37. The summed E-state index contributed by atoms with van der Waals surface area (Å²) in [6.07, 6.45) is -0.931. The zero-order valence-electron chi connectivity index (χ0n) is 17.2. The molecule has 2 aromatic carbocycles. The average Bonchev–Trinajstić information content (AvgIpc) is 3.31. The number of nitrogens with one attached hydrogen (secondary N) is 2. The molecule has 1 saturated heterocycles. The highest BCUT2D eigenvalue weighted by Crippen LogP contribution is 2.34. The van der Waals surface area contributed by atoms with Crippen LogP contribution in [0.3, 0.4) is 0 Å². The molecule has 170 valence electrons. The third-order valence-corrected chi connectivity index (χ3v) is 6.89. The van der Waals surface area contributed by atoms with Gasteiger partial charge in [0, 0.05) is 19.2 Å². The minimum absolute atomic E-state index is 0.0316. The van der Waals surface area contributed by atoms with Crippen LogP contribution in [0.5, 0.6) is 11.5 Å². The standard InChI is InChI=1S/C21H23N3O7S/c25-20(22-13-15-4-2-1-3-5-15)21(26)23-14-19-24(8-9-31-19)32(27,28)16-6-7-17-18(12-16)30-11-10-29-17/h1-7,12,19H,8-11,13-14H2,(H,22,25)(H,23,26)/t19-/m1/s1. The van der Waals surface area contributed by atoms with Crippen LogP contribution in [0.1, 0.15) is 5.56 Å². The number of carbonyl (C=O) groups is 2. The highest BCUT2D eigenvalue weighted by molar-refractivity contribution is 7.89. The van der Waals surface area contributed by atoms with Gasteiger partial charge >= 0.3 is 11.8 Å². The molecule has 2 aliphatic rings. The normalized spacial score (nSPS) is 18.2. The second kappa shape index (κ2) is 9.55. The van der Waals surface area contributed by atoms with Crippen molar-refractivity contribution in [1.29, 1.82) is 0 Å². The van der Waals surface area contributed by atoms with E-state index in [2.05, 4.69) is 10.6 Å². The Morgan fingerprint density at radius 3 is 2.44 bits per heavy atom. The van der Waals surface area contributed by atoms with E-state index < -0.39 is 28.1 Å². The van der Waals surface area contributed by atoms with Crippen molar-refractivity contribution < 1.29 is 32.2 Å². The van der Waals surface area contributed by atoms with Gasteiger partial charge in [0.25, 0.3) is 0 Å². The maximum atomic E-state index is 13.1. The van der Waals surface area contributed by atoms with E-state index in [-0.39, 0.29) is 31.1 Å². The number of rotatable bonds is 6. The number of benzene rings is 2. The number of hydrogen-bond donors (Lipinski definition) is 2. The smallest absolute Gasteiger partial charge is 0.309 e. The van der Waals surface area contributed by atoms with Gasteiger partial charge in [-0.2, -0.15) is 4.31 Å². The molecule has 2 amide bonds. The molecule has 2 aliphatic heterocycles. The van der Waals surface area contributed by atoms with E-state index in [1.165, 1.54) is 12.1 Å². The molecule has 10 nitrogen and oxygen atoms in total. The molecular formula is C21H23N3O7S. The number of fused-ring (bicyclic) bond motifs is 1. The van der Waals surface area contributed by atoms with Crippen molar-refractivity contribution >= 4 is 21.8 Å². The van der Waals surface area contributed by atoms with Crippen LogP contribution >= 0.6 is 0 Å². The van der Waals surface area contributed by atoms with Gasteiger partial charge in [0.2, 0.25) is 10.0 Å². The van der Waals surface area contributed by atoms with Gasteiger partial charge in [-0.1, -0.05) is 30.3 Å². The molecule has 0 bridgehead atoms. The molecule has 0 saturated carbocycles. The van der Waals surface area contributed by atoms with Crippen molar-refractivity contribution in [1.82, 2.24) is 14.9 Å². The Bertz CT molecular complexity index is 1090. The van der Waals surface area contributed by atoms with Crippen LogP contribution in [0.15, 0.2) is 53.4 Å². The van der Waals surface area contributed by atoms with Crippen molar-refractivity contribution in [2.24, 2.45) is 0 Å². The van der Waals surface area contributed by atoms with Crippen molar-refractivity contribution in [3.8, 4) is 11.5 Å². The summed E-state index contributed by atoms with van der Waals surface area (Å²) in [6, 6.07) is 13.6. The number of amides is 2. The van der Waals surface area contributed by atoms with Crippen molar-refractivity contribution in [2.45, 2.75) is 17.7 Å². The van der Waals surface area contributed by atoms with Crippen molar-refractivity contribution in [3.63, 3.8) is 0 Å². The molecule has 1 fully saturated rings. The maximum absolute atomic E-state index is 13.1. The summed E-state index contributed by atoms with van der Waals surface area (Å²) in [5, 5.41) is 4.96. The van der Waals surface area contributed by atoms with E-state index >= 15 is 0 Å².